The molecule has 1 aliphatic rings. The van der Waals surface area contributed by atoms with E-state index < -0.39 is 7.82 Å². The fourth-order valence-electron chi connectivity index (χ4n) is 3.37. The Balaban J connectivity index is 2.25. The van der Waals surface area contributed by atoms with Crippen LogP contribution in [0.1, 0.15) is 44.2 Å². The van der Waals surface area contributed by atoms with Crippen LogP contribution >= 0.6 is 7.82 Å². The largest absolute Gasteiger partial charge is 0.524 e. The van der Waals surface area contributed by atoms with E-state index in [2.05, 4.69) is 18.7 Å². The number of benzene rings is 1. The fourth-order valence-corrected chi connectivity index (χ4v) is 3.81. The van der Waals surface area contributed by atoms with E-state index in [0.717, 1.165) is 49.9 Å². The zero-order valence-electron chi connectivity index (χ0n) is 13.7. The van der Waals surface area contributed by atoms with Crippen molar-refractivity contribution in [1.29, 1.82) is 0 Å². The molecular formula is C16H26NO5P. The maximum atomic E-state index is 11.1. The van der Waals surface area contributed by atoms with Gasteiger partial charge in [0.1, 0.15) is 0 Å². The summed E-state index contributed by atoms with van der Waals surface area (Å²) < 4.78 is 15.9. The third-order valence-corrected chi connectivity index (χ3v) is 4.69. The van der Waals surface area contributed by atoms with Crippen molar-refractivity contribution in [2.24, 2.45) is 0 Å². The topological polar surface area (TPSA) is 90.2 Å². The molecule has 7 heteroatoms. The summed E-state index contributed by atoms with van der Waals surface area (Å²) in [5, 5.41) is 9.89. The Bertz CT molecular complexity index is 580. The van der Waals surface area contributed by atoms with E-state index in [1.807, 2.05) is 6.07 Å². The summed E-state index contributed by atoms with van der Waals surface area (Å²) in [5.74, 6) is -0.281. The van der Waals surface area contributed by atoms with Crippen molar-refractivity contribution in [2.75, 3.05) is 13.1 Å². The maximum absolute atomic E-state index is 11.1. The number of fused-ring (bicyclic) bond motifs is 1. The molecule has 0 aromatic heterocycles. The minimum Gasteiger partial charge on any atom is -0.504 e. The predicted octanol–water partition coefficient (Wildman–Crippen LogP) is 2.84. The molecule has 23 heavy (non-hydrogen) atoms. The van der Waals surface area contributed by atoms with Gasteiger partial charge in [-0.3, -0.25) is 9.79 Å². The van der Waals surface area contributed by atoms with E-state index in [9.17, 15) is 9.67 Å². The number of phosphoric acid groups is 1. The van der Waals surface area contributed by atoms with Crippen LogP contribution in [0.25, 0.3) is 0 Å². The third-order valence-electron chi connectivity index (χ3n) is 4.27. The Morgan fingerprint density at radius 3 is 2.48 bits per heavy atom. The SMILES string of the molecule is CCCN(CCC)C1CCc2c(ccc(O)c2OP(=O)(O)O)C1. The lowest BCUT2D eigenvalue weighted by molar-refractivity contribution is 0.179. The highest BCUT2D eigenvalue weighted by Gasteiger charge is 2.29. The maximum Gasteiger partial charge on any atom is 0.524 e. The van der Waals surface area contributed by atoms with Gasteiger partial charge in [-0.25, -0.2) is 4.57 Å². The van der Waals surface area contributed by atoms with Gasteiger partial charge in [-0.2, -0.15) is 0 Å². The summed E-state index contributed by atoms with van der Waals surface area (Å²) in [6, 6.07) is 3.71. The minimum atomic E-state index is -4.69. The van der Waals surface area contributed by atoms with Crippen molar-refractivity contribution in [3.8, 4) is 11.5 Å². The molecule has 0 heterocycles. The Labute approximate surface area is 137 Å². The van der Waals surface area contributed by atoms with Gasteiger partial charge in [-0.15, -0.1) is 0 Å². The van der Waals surface area contributed by atoms with Crippen LogP contribution in [-0.2, 0) is 17.4 Å². The molecule has 0 fully saturated rings. The molecule has 0 aliphatic heterocycles. The molecule has 3 N–H and O–H groups in total. The summed E-state index contributed by atoms with van der Waals surface area (Å²) in [5.41, 5.74) is 1.72. The first-order valence-electron chi connectivity index (χ1n) is 8.18. The van der Waals surface area contributed by atoms with E-state index in [1.54, 1.807) is 0 Å². The van der Waals surface area contributed by atoms with E-state index in [1.165, 1.54) is 6.07 Å². The van der Waals surface area contributed by atoms with Crippen molar-refractivity contribution >= 4 is 7.82 Å². The average Bonchev–Trinajstić information content (AvgIpc) is 2.48. The second kappa shape index (κ2) is 7.67. The molecule has 0 spiro atoms. The fraction of sp³-hybridized carbons (Fsp3) is 0.625. The third kappa shape index (κ3) is 4.70. The summed E-state index contributed by atoms with van der Waals surface area (Å²) in [4.78, 5) is 20.6. The zero-order valence-corrected chi connectivity index (χ0v) is 14.6. The summed E-state index contributed by atoms with van der Waals surface area (Å²) in [7, 11) is -4.69. The molecule has 1 aromatic carbocycles. The highest BCUT2D eigenvalue weighted by atomic mass is 31.2. The van der Waals surface area contributed by atoms with Crippen molar-refractivity contribution in [2.45, 2.75) is 52.0 Å². The highest BCUT2D eigenvalue weighted by molar-refractivity contribution is 7.46. The molecule has 1 aromatic rings. The van der Waals surface area contributed by atoms with Crippen molar-refractivity contribution in [1.82, 2.24) is 4.90 Å². The molecule has 0 saturated carbocycles. The molecule has 1 aliphatic carbocycles. The Hall–Kier alpha value is -1.07. The van der Waals surface area contributed by atoms with Crippen LogP contribution in [0.2, 0.25) is 0 Å². The van der Waals surface area contributed by atoms with Crippen molar-refractivity contribution < 1.29 is 24.0 Å². The molecule has 1 atom stereocenters. The first-order valence-corrected chi connectivity index (χ1v) is 9.71. The van der Waals surface area contributed by atoms with Gasteiger partial charge in [0.05, 0.1) is 0 Å². The normalized spacial score (nSPS) is 18.0. The highest BCUT2D eigenvalue weighted by Crippen LogP contribution is 2.46. The number of nitrogens with zero attached hydrogens (tertiary/aromatic N) is 1. The van der Waals surface area contributed by atoms with Crippen molar-refractivity contribution in [3.63, 3.8) is 0 Å². The second-order valence-electron chi connectivity index (χ2n) is 6.07. The molecule has 1 unspecified atom stereocenters. The smallest absolute Gasteiger partial charge is 0.504 e. The van der Waals surface area contributed by atoms with Gasteiger partial charge in [0, 0.05) is 11.6 Å². The van der Waals surface area contributed by atoms with Gasteiger partial charge in [0.25, 0.3) is 0 Å². The number of hydrogen-bond donors (Lipinski definition) is 3. The second-order valence-corrected chi connectivity index (χ2v) is 7.23. The molecule has 0 radical (unpaired) electrons. The lowest BCUT2D eigenvalue weighted by Gasteiger charge is -2.35. The molecule has 0 saturated heterocycles. The van der Waals surface area contributed by atoms with E-state index in [4.69, 9.17) is 14.3 Å². The van der Waals surface area contributed by atoms with Gasteiger partial charge >= 0.3 is 7.82 Å². The van der Waals surface area contributed by atoms with Crippen LogP contribution in [0, 0.1) is 0 Å². The van der Waals surface area contributed by atoms with Gasteiger partial charge in [0.15, 0.2) is 11.5 Å². The van der Waals surface area contributed by atoms with Gasteiger partial charge in [0.2, 0.25) is 0 Å². The van der Waals surface area contributed by atoms with Crippen molar-refractivity contribution in [3.05, 3.63) is 23.3 Å². The van der Waals surface area contributed by atoms with Gasteiger partial charge < -0.3 is 14.5 Å². The van der Waals surface area contributed by atoms with E-state index in [-0.39, 0.29) is 11.5 Å². The van der Waals surface area contributed by atoms with Crippen LogP contribution in [0.5, 0.6) is 11.5 Å². The number of aromatic hydroxyl groups is 1. The molecule has 6 nitrogen and oxygen atoms in total. The van der Waals surface area contributed by atoms with Crippen LogP contribution in [-0.4, -0.2) is 38.9 Å². The van der Waals surface area contributed by atoms with Gasteiger partial charge in [-0.05, 0) is 56.8 Å². The van der Waals surface area contributed by atoms with E-state index in [0.29, 0.717) is 12.5 Å². The number of rotatable bonds is 7. The minimum absolute atomic E-state index is 0.0631. The number of phenolic OH excluding ortho intramolecular Hbond substituents is 1. The Morgan fingerprint density at radius 1 is 1.26 bits per heavy atom. The number of hydrogen-bond acceptors (Lipinski definition) is 4. The predicted molar refractivity (Wildman–Crippen MR) is 88.7 cm³/mol. The average molecular weight is 343 g/mol. The summed E-state index contributed by atoms with van der Waals surface area (Å²) in [6.45, 7) is 6.45. The lowest BCUT2D eigenvalue weighted by atomic mass is 9.86. The molecule has 2 rings (SSSR count). The number of phosphoric ester groups is 1. The molecule has 0 bridgehead atoms. The van der Waals surface area contributed by atoms with Crippen LogP contribution in [0.3, 0.4) is 0 Å². The Morgan fingerprint density at radius 2 is 1.91 bits per heavy atom. The van der Waals surface area contributed by atoms with Crippen LogP contribution < -0.4 is 4.52 Å². The Kier molecular flexibility index (Phi) is 6.09. The zero-order chi connectivity index (χ0) is 17.0. The summed E-state index contributed by atoms with van der Waals surface area (Å²) in [6.07, 6.45) is 4.56. The first-order chi connectivity index (χ1) is 10.9. The monoisotopic (exact) mass is 343 g/mol. The van der Waals surface area contributed by atoms with Gasteiger partial charge in [-0.1, -0.05) is 19.9 Å². The summed E-state index contributed by atoms with van der Waals surface area (Å²) >= 11 is 0. The van der Waals surface area contributed by atoms with Crippen LogP contribution in [0.15, 0.2) is 12.1 Å². The standard InChI is InChI=1S/C16H26NO5P/c1-3-9-17(10-4-2)13-6-7-14-12(11-13)5-8-15(18)16(14)22-23(19,20)21/h5,8,13,18H,3-4,6-7,9-11H2,1-2H3,(H2,19,20,21). The van der Waals surface area contributed by atoms with E-state index >= 15 is 0 Å². The van der Waals surface area contributed by atoms with Crippen LogP contribution in [0.4, 0.5) is 0 Å². The molecular weight excluding hydrogens is 317 g/mol. The first kappa shape index (κ1) is 18.3. The molecule has 130 valence electrons. The quantitative estimate of drug-likeness (QED) is 0.660. The molecule has 0 amide bonds. The number of phenols is 1. The lowest BCUT2D eigenvalue weighted by Crippen LogP contribution is -2.40.